The zero-order chi connectivity index (χ0) is 6.69. The minimum absolute atomic E-state index is 0.341. The highest BCUT2D eigenvalue weighted by Crippen LogP contribution is 2.08. The van der Waals surface area contributed by atoms with E-state index in [4.69, 9.17) is 5.73 Å². The van der Waals surface area contributed by atoms with E-state index in [0.29, 0.717) is 0 Å². The Morgan fingerprint density at radius 1 is 1.22 bits per heavy atom. The molecule has 0 heterocycles. The molecule has 1 aromatic rings. The third-order valence-electron chi connectivity index (χ3n) is 1.28. The topological polar surface area (TPSA) is 22.3 Å². The van der Waals surface area contributed by atoms with Crippen molar-refractivity contribution in [3.63, 3.8) is 0 Å². The van der Waals surface area contributed by atoms with Gasteiger partial charge in [-0.3, -0.25) is 0 Å². The lowest BCUT2D eigenvalue weighted by atomic mass is 10.1. The molecule has 2 radical (unpaired) electrons. The first kappa shape index (κ1) is 6.30. The zero-order valence-electron chi connectivity index (χ0n) is 5.41. The second-order valence-corrected chi connectivity index (χ2v) is 2.09. The van der Waals surface area contributed by atoms with Gasteiger partial charge in [-0.25, -0.2) is 0 Å². The molecule has 0 saturated heterocycles. The van der Waals surface area contributed by atoms with E-state index < -0.39 is 0 Å². The fraction of sp³-hybridized carbons (Fsp3) is 0.250. The lowest BCUT2D eigenvalue weighted by Crippen LogP contribution is -1.90. The van der Waals surface area contributed by atoms with Crippen molar-refractivity contribution in [2.45, 2.75) is 13.0 Å². The molecular formula is C8H9N. The van der Waals surface area contributed by atoms with Crippen LogP contribution in [0.3, 0.4) is 0 Å². The van der Waals surface area contributed by atoms with Crippen LogP contribution in [-0.4, -0.2) is 0 Å². The molecule has 0 spiro atoms. The summed E-state index contributed by atoms with van der Waals surface area (Å²) in [5, 5.41) is 0. The van der Waals surface area contributed by atoms with E-state index in [9.17, 15) is 0 Å². The first-order chi connectivity index (χ1) is 4.30. The second kappa shape index (κ2) is 2.65. The van der Waals surface area contributed by atoms with Gasteiger partial charge in [-0.05, 0) is 12.5 Å². The van der Waals surface area contributed by atoms with Gasteiger partial charge in [0, 0.05) is 0 Å². The lowest BCUT2D eigenvalue weighted by molar-refractivity contribution is 0.788. The Bertz CT molecular complexity index is 167. The van der Waals surface area contributed by atoms with Gasteiger partial charge in [-0.2, -0.15) is 0 Å². The second-order valence-electron chi connectivity index (χ2n) is 2.09. The van der Waals surface area contributed by atoms with Crippen LogP contribution in [0.4, 0.5) is 0 Å². The Kier molecular flexibility index (Phi) is 1.85. The quantitative estimate of drug-likeness (QED) is 0.538. The number of benzene rings is 1. The van der Waals surface area contributed by atoms with Crippen molar-refractivity contribution >= 4 is 0 Å². The molecule has 1 aromatic carbocycles. The maximum Gasteiger partial charge on any atom is 0.0654 e. The van der Waals surface area contributed by atoms with E-state index in [1.54, 1.807) is 6.92 Å². The minimum atomic E-state index is -0.341. The van der Waals surface area contributed by atoms with Gasteiger partial charge in [0.2, 0.25) is 0 Å². The summed E-state index contributed by atoms with van der Waals surface area (Å²) in [5.74, 6) is 0. The van der Waals surface area contributed by atoms with E-state index in [2.05, 4.69) is 0 Å². The molecule has 1 heteroatoms. The predicted molar refractivity (Wildman–Crippen MR) is 37.0 cm³/mol. The molecule has 0 bridgehead atoms. The Labute approximate surface area is 55.5 Å². The van der Waals surface area contributed by atoms with Gasteiger partial charge in [0.25, 0.3) is 0 Å². The molecule has 0 aromatic heterocycles. The summed E-state index contributed by atoms with van der Waals surface area (Å²) in [6, 6.07) is 9.25. The largest absolute Gasteiger partial charge is 0.136 e. The van der Waals surface area contributed by atoms with Crippen molar-refractivity contribution in [2.24, 2.45) is 0 Å². The van der Waals surface area contributed by atoms with Gasteiger partial charge < -0.3 is 0 Å². The third kappa shape index (κ3) is 1.54. The van der Waals surface area contributed by atoms with Crippen LogP contribution in [0.15, 0.2) is 30.3 Å². The summed E-state index contributed by atoms with van der Waals surface area (Å²) in [7, 11) is 0. The van der Waals surface area contributed by atoms with Crippen molar-refractivity contribution < 1.29 is 0 Å². The van der Waals surface area contributed by atoms with Crippen LogP contribution in [0, 0.1) is 0 Å². The molecule has 0 N–H and O–H groups in total. The summed E-state index contributed by atoms with van der Waals surface area (Å²) >= 11 is 0. The lowest BCUT2D eigenvalue weighted by Gasteiger charge is -1.99. The summed E-state index contributed by atoms with van der Waals surface area (Å²) in [6.45, 7) is 1.76. The van der Waals surface area contributed by atoms with E-state index in [1.165, 1.54) is 0 Å². The monoisotopic (exact) mass is 119 g/mol. The average molecular weight is 119 g/mol. The maximum atomic E-state index is 9.02. The molecule has 0 aliphatic carbocycles. The normalized spacial score (nSPS) is 13.1. The van der Waals surface area contributed by atoms with E-state index >= 15 is 0 Å². The standard InChI is InChI=1S/C8H9N/c1-7(9)8-5-3-2-4-6-8/h2-7H,1H3. The van der Waals surface area contributed by atoms with Crippen LogP contribution in [-0.2, 0) is 0 Å². The molecule has 0 aliphatic rings. The molecule has 9 heavy (non-hydrogen) atoms. The molecular weight excluding hydrogens is 110 g/mol. The molecule has 0 fully saturated rings. The highest BCUT2D eigenvalue weighted by atomic mass is 14.6. The first-order valence-corrected chi connectivity index (χ1v) is 3.03. The van der Waals surface area contributed by atoms with Gasteiger partial charge in [0.05, 0.1) is 6.04 Å². The van der Waals surface area contributed by atoms with Gasteiger partial charge in [-0.1, -0.05) is 30.3 Å². The Morgan fingerprint density at radius 2 is 1.78 bits per heavy atom. The van der Waals surface area contributed by atoms with Crippen molar-refractivity contribution in [1.82, 2.24) is 5.73 Å². The number of nitrogens with zero attached hydrogens (tertiary/aromatic N) is 1. The molecule has 1 rings (SSSR count). The van der Waals surface area contributed by atoms with Crippen molar-refractivity contribution in [3.05, 3.63) is 35.9 Å². The SMILES string of the molecule is CC([N])c1ccccc1. The van der Waals surface area contributed by atoms with Crippen LogP contribution >= 0.6 is 0 Å². The molecule has 1 unspecified atom stereocenters. The van der Waals surface area contributed by atoms with Crippen LogP contribution in [0.25, 0.3) is 0 Å². The van der Waals surface area contributed by atoms with Gasteiger partial charge in [-0.15, -0.1) is 5.73 Å². The first-order valence-electron chi connectivity index (χ1n) is 3.03. The summed E-state index contributed by atoms with van der Waals surface area (Å²) < 4.78 is 0. The van der Waals surface area contributed by atoms with E-state index in [1.807, 2.05) is 30.3 Å². The van der Waals surface area contributed by atoms with Crippen LogP contribution in [0.1, 0.15) is 18.5 Å². The number of rotatable bonds is 1. The summed E-state index contributed by atoms with van der Waals surface area (Å²) in [6.07, 6.45) is 0. The number of hydrogen-bond acceptors (Lipinski definition) is 0. The Morgan fingerprint density at radius 3 is 2.11 bits per heavy atom. The fourth-order valence-corrected chi connectivity index (χ4v) is 0.732. The van der Waals surface area contributed by atoms with Gasteiger partial charge in [0.15, 0.2) is 0 Å². The van der Waals surface area contributed by atoms with Crippen LogP contribution in [0.2, 0.25) is 0 Å². The Balaban J connectivity index is 2.85. The maximum absolute atomic E-state index is 9.02. The predicted octanol–water partition coefficient (Wildman–Crippen LogP) is 1.82. The van der Waals surface area contributed by atoms with Gasteiger partial charge in [0.1, 0.15) is 0 Å². The molecule has 1 atom stereocenters. The minimum Gasteiger partial charge on any atom is -0.136 e. The molecule has 0 saturated carbocycles. The van der Waals surface area contributed by atoms with E-state index in [0.717, 1.165) is 5.56 Å². The van der Waals surface area contributed by atoms with E-state index in [-0.39, 0.29) is 6.04 Å². The molecule has 0 amide bonds. The summed E-state index contributed by atoms with van der Waals surface area (Å²) in [4.78, 5) is 0. The summed E-state index contributed by atoms with van der Waals surface area (Å²) in [5.41, 5.74) is 9.99. The van der Waals surface area contributed by atoms with Crippen molar-refractivity contribution in [1.29, 1.82) is 0 Å². The molecule has 0 aliphatic heterocycles. The highest BCUT2D eigenvalue weighted by molar-refractivity contribution is 5.17. The molecule has 46 valence electrons. The van der Waals surface area contributed by atoms with Crippen LogP contribution < -0.4 is 5.73 Å². The Hall–Kier alpha value is -0.820. The number of hydrogen-bond donors (Lipinski definition) is 0. The average Bonchev–Trinajstić information content (AvgIpc) is 1.90. The van der Waals surface area contributed by atoms with Crippen molar-refractivity contribution in [3.8, 4) is 0 Å². The van der Waals surface area contributed by atoms with Crippen LogP contribution in [0.5, 0.6) is 0 Å². The molecule has 1 nitrogen and oxygen atoms in total. The fourth-order valence-electron chi connectivity index (χ4n) is 0.732. The zero-order valence-corrected chi connectivity index (χ0v) is 5.41. The highest BCUT2D eigenvalue weighted by Gasteiger charge is 1.96. The smallest absolute Gasteiger partial charge is 0.0654 e. The van der Waals surface area contributed by atoms with Crippen molar-refractivity contribution in [2.75, 3.05) is 0 Å². The third-order valence-corrected chi connectivity index (χ3v) is 1.28. The van der Waals surface area contributed by atoms with Gasteiger partial charge >= 0.3 is 0 Å².